The second-order valence-corrected chi connectivity index (χ2v) is 4.11. The van der Waals surface area contributed by atoms with Crippen molar-refractivity contribution in [2.75, 3.05) is 0 Å². The van der Waals surface area contributed by atoms with E-state index >= 15 is 0 Å². The van der Waals surface area contributed by atoms with Crippen LogP contribution in [0.3, 0.4) is 0 Å². The first-order valence-electron chi connectivity index (χ1n) is 2.72. The van der Waals surface area contributed by atoms with Crippen LogP contribution >= 0.6 is 38.5 Å². The normalized spacial score (nSPS) is 13.5. The minimum absolute atomic E-state index is 0.351. The number of rotatable bonds is 2. The SMILES string of the molecule is C=N/C(C#N)=C(I)\C=C(/C)Br. The van der Waals surface area contributed by atoms with Crippen LogP contribution in [-0.4, -0.2) is 6.72 Å². The van der Waals surface area contributed by atoms with Crippen molar-refractivity contribution < 1.29 is 0 Å². The van der Waals surface area contributed by atoms with Crippen molar-refractivity contribution in [1.82, 2.24) is 0 Å². The number of nitriles is 1. The highest BCUT2D eigenvalue weighted by Crippen LogP contribution is 2.18. The van der Waals surface area contributed by atoms with E-state index in [0.29, 0.717) is 5.70 Å². The number of aliphatic imine (C=N–C) groups is 1. The summed E-state index contributed by atoms with van der Waals surface area (Å²) in [6.45, 7) is 5.17. The summed E-state index contributed by atoms with van der Waals surface area (Å²) < 4.78 is 1.74. The third kappa shape index (κ3) is 4.32. The number of allylic oxidation sites excluding steroid dienone is 4. The molecular weight excluding hydrogens is 319 g/mol. The molecule has 0 atom stereocenters. The molecule has 0 N–H and O–H groups in total. The number of hydrogen-bond acceptors (Lipinski definition) is 2. The van der Waals surface area contributed by atoms with Crippen LogP contribution in [0.5, 0.6) is 0 Å². The number of nitrogens with zero attached hydrogens (tertiary/aromatic N) is 2. The molecule has 0 bridgehead atoms. The van der Waals surface area contributed by atoms with E-state index in [0.717, 1.165) is 8.06 Å². The van der Waals surface area contributed by atoms with E-state index in [1.807, 2.05) is 41.7 Å². The Kier molecular flexibility index (Phi) is 5.42. The highest BCUT2D eigenvalue weighted by molar-refractivity contribution is 14.1. The largest absolute Gasteiger partial charge is 0.252 e. The first-order valence-corrected chi connectivity index (χ1v) is 4.59. The monoisotopic (exact) mass is 324 g/mol. The Bertz CT molecular complexity index is 256. The maximum atomic E-state index is 8.52. The topological polar surface area (TPSA) is 36.1 Å². The summed E-state index contributed by atoms with van der Waals surface area (Å²) in [5.74, 6) is 0. The molecule has 0 spiro atoms. The van der Waals surface area contributed by atoms with Gasteiger partial charge in [0.25, 0.3) is 0 Å². The van der Waals surface area contributed by atoms with Crippen LogP contribution in [0.2, 0.25) is 0 Å². The van der Waals surface area contributed by atoms with Crippen molar-refractivity contribution in [2.45, 2.75) is 6.92 Å². The molecule has 0 aromatic rings. The summed E-state index contributed by atoms with van der Waals surface area (Å²) in [5, 5.41) is 8.52. The molecule has 0 heterocycles. The zero-order chi connectivity index (χ0) is 8.85. The van der Waals surface area contributed by atoms with Crippen molar-refractivity contribution in [3.8, 4) is 6.07 Å². The lowest BCUT2D eigenvalue weighted by Gasteiger charge is -1.91. The first kappa shape index (κ1) is 10.8. The predicted octanol–water partition coefficient (Wildman–Crippen LogP) is 3.16. The molecule has 4 heteroatoms. The van der Waals surface area contributed by atoms with Gasteiger partial charge in [-0.1, -0.05) is 15.9 Å². The van der Waals surface area contributed by atoms with E-state index in [9.17, 15) is 0 Å². The van der Waals surface area contributed by atoms with Crippen molar-refractivity contribution in [3.05, 3.63) is 19.8 Å². The molecule has 0 radical (unpaired) electrons. The average Bonchev–Trinajstić information content (AvgIpc) is 1.88. The lowest BCUT2D eigenvalue weighted by Crippen LogP contribution is -1.74. The lowest BCUT2D eigenvalue weighted by molar-refractivity contribution is 1.39. The Morgan fingerprint density at radius 2 is 2.36 bits per heavy atom. The second kappa shape index (κ2) is 5.49. The van der Waals surface area contributed by atoms with Crippen molar-refractivity contribution in [2.24, 2.45) is 4.99 Å². The average molecular weight is 325 g/mol. The van der Waals surface area contributed by atoms with Gasteiger partial charge in [0.2, 0.25) is 0 Å². The molecule has 0 aliphatic rings. The Morgan fingerprint density at radius 1 is 1.82 bits per heavy atom. The van der Waals surface area contributed by atoms with Crippen LogP contribution < -0.4 is 0 Å². The van der Waals surface area contributed by atoms with E-state index in [2.05, 4.69) is 27.6 Å². The van der Waals surface area contributed by atoms with E-state index in [1.54, 1.807) is 0 Å². The van der Waals surface area contributed by atoms with Gasteiger partial charge < -0.3 is 0 Å². The molecule has 0 saturated heterocycles. The molecule has 0 saturated carbocycles. The Morgan fingerprint density at radius 3 is 2.64 bits per heavy atom. The van der Waals surface area contributed by atoms with Crippen LogP contribution in [-0.2, 0) is 0 Å². The molecule has 0 aromatic heterocycles. The maximum absolute atomic E-state index is 8.52. The van der Waals surface area contributed by atoms with Crippen LogP contribution in [0.25, 0.3) is 0 Å². The molecule has 0 rings (SSSR count). The van der Waals surface area contributed by atoms with Gasteiger partial charge in [0.1, 0.15) is 6.07 Å². The molecule has 0 aliphatic heterocycles. The second-order valence-electron chi connectivity index (χ2n) is 1.70. The summed E-state index contributed by atoms with van der Waals surface area (Å²) in [4.78, 5) is 3.56. The van der Waals surface area contributed by atoms with E-state index in [-0.39, 0.29) is 0 Å². The standard InChI is InChI=1S/C7H6BrIN2/c1-5(8)3-6(9)7(4-10)11-2/h3H,2H2,1H3/b5-3+,7-6+. The summed E-state index contributed by atoms with van der Waals surface area (Å²) in [7, 11) is 0. The van der Waals surface area contributed by atoms with Crippen molar-refractivity contribution in [3.63, 3.8) is 0 Å². The zero-order valence-corrected chi connectivity index (χ0v) is 9.68. The summed E-state index contributed by atoms with van der Waals surface area (Å²) in [6.07, 6.45) is 1.81. The van der Waals surface area contributed by atoms with Crippen LogP contribution in [0, 0.1) is 11.3 Å². The summed E-state index contributed by atoms with van der Waals surface area (Å²) >= 11 is 5.29. The van der Waals surface area contributed by atoms with Gasteiger partial charge in [0, 0.05) is 0 Å². The fraction of sp³-hybridized carbons (Fsp3) is 0.143. The number of hydrogen-bond donors (Lipinski definition) is 0. The highest BCUT2D eigenvalue weighted by Gasteiger charge is 1.96. The molecule has 0 fully saturated rings. The maximum Gasteiger partial charge on any atom is 0.153 e. The molecule has 0 unspecified atom stereocenters. The van der Waals surface area contributed by atoms with Crippen LogP contribution in [0.4, 0.5) is 0 Å². The van der Waals surface area contributed by atoms with Gasteiger partial charge in [0.05, 0.1) is 3.58 Å². The Labute approximate surface area is 88.0 Å². The lowest BCUT2D eigenvalue weighted by atomic mass is 10.4. The molecule has 0 amide bonds. The third-order valence-corrected chi connectivity index (χ3v) is 1.87. The van der Waals surface area contributed by atoms with Crippen molar-refractivity contribution in [1.29, 1.82) is 5.26 Å². The third-order valence-electron chi connectivity index (χ3n) is 0.816. The van der Waals surface area contributed by atoms with E-state index in [4.69, 9.17) is 5.26 Å². The van der Waals surface area contributed by atoms with Gasteiger partial charge >= 0.3 is 0 Å². The highest BCUT2D eigenvalue weighted by atomic mass is 127. The molecule has 11 heavy (non-hydrogen) atoms. The summed E-state index contributed by atoms with van der Waals surface area (Å²) in [6, 6.07) is 1.93. The predicted molar refractivity (Wildman–Crippen MR) is 58.9 cm³/mol. The fourth-order valence-corrected chi connectivity index (χ4v) is 1.82. The van der Waals surface area contributed by atoms with Gasteiger partial charge in [-0.15, -0.1) is 0 Å². The van der Waals surface area contributed by atoms with Crippen molar-refractivity contribution >= 4 is 45.2 Å². The Hall–Kier alpha value is -0.150. The van der Waals surface area contributed by atoms with Gasteiger partial charge in [-0.3, -0.25) is 4.99 Å². The molecular formula is C7H6BrIN2. The molecule has 58 valence electrons. The van der Waals surface area contributed by atoms with E-state index in [1.165, 1.54) is 0 Å². The van der Waals surface area contributed by atoms with E-state index < -0.39 is 0 Å². The first-order chi connectivity index (χ1) is 5.11. The van der Waals surface area contributed by atoms with Crippen LogP contribution in [0.15, 0.2) is 24.8 Å². The smallest absolute Gasteiger partial charge is 0.153 e. The fourth-order valence-electron chi connectivity index (χ4n) is 0.407. The minimum atomic E-state index is 0.351. The van der Waals surface area contributed by atoms with Crippen LogP contribution in [0.1, 0.15) is 6.92 Å². The molecule has 0 aliphatic carbocycles. The van der Waals surface area contributed by atoms with Gasteiger partial charge in [0.15, 0.2) is 5.70 Å². The van der Waals surface area contributed by atoms with Gasteiger partial charge in [-0.2, -0.15) is 5.26 Å². The number of halogens is 2. The van der Waals surface area contributed by atoms with Gasteiger partial charge in [-0.25, -0.2) is 0 Å². The zero-order valence-electron chi connectivity index (χ0n) is 5.93. The minimum Gasteiger partial charge on any atom is -0.252 e. The molecule has 0 aromatic carbocycles. The van der Waals surface area contributed by atoms with Gasteiger partial charge in [-0.05, 0) is 46.8 Å². The molecule has 2 nitrogen and oxygen atoms in total. The Balaban J connectivity index is 4.81. The quantitative estimate of drug-likeness (QED) is 0.333. The summed E-state index contributed by atoms with van der Waals surface area (Å²) in [5.41, 5.74) is 0.351.